The van der Waals surface area contributed by atoms with Gasteiger partial charge in [0.15, 0.2) is 5.17 Å². The number of ether oxygens (including phenoxy) is 2. The van der Waals surface area contributed by atoms with Crippen molar-refractivity contribution in [2.75, 3.05) is 16.0 Å². The summed E-state index contributed by atoms with van der Waals surface area (Å²) in [6.07, 6.45) is -2.73. The Morgan fingerprint density at radius 3 is 2.44 bits per heavy atom. The number of alkyl halides is 3. The van der Waals surface area contributed by atoms with E-state index in [1.54, 1.807) is 24.3 Å². The molecule has 0 saturated heterocycles. The molecule has 236 valence electrons. The number of halogens is 3. The molecule has 3 aromatic carbocycles. The van der Waals surface area contributed by atoms with Crippen LogP contribution in [0.25, 0.3) is 5.69 Å². The van der Waals surface area contributed by atoms with E-state index in [0.29, 0.717) is 29.2 Å². The maximum Gasteiger partial charge on any atom is 0.573 e. The van der Waals surface area contributed by atoms with Crippen molar-refractivity contribution in [1.82, 2.24) is 14.8 Å². The third-order valence-corrected chi connectivity index (χ3v) is 7.06. The molecule has 0 atom stereocenters. The number of anilines is 2. The van der Waals surface area contributed by atoms with Gasteiger partial charge in [0, 0.05) is 5.69 Å². The van der Waals surface area contributed by atoms with E-state index in [9.17, 15) is 22.8 Å². The molecule has 1 aromatic heterocycles. The number of aromatic nitrogens is 3. The lowest BCUT2D eigenvalue weighted by molar-refractivity contribution is -0.274. The van der Waals surface area contributed by atoms with Gasteiger partial charge in [0.05, 0.1) is 11.4 Å². The number of hydrogen-bond acceptors (Lipinski definition) is 7. The number of benzene rings is 3. The van der Waals surface area contributed by atoms with Gasteiger partial charge in [0.2, 0.25) is 6.41 Å². The average molecular weight is 641 g/mol. The van der Waals surface area contributed by atoms with E-state index in [-0.39, 0.29) is 29.5 Å². The maximum atomic E-state index is 12.9. The van der Waals surface area contributed by atoms with Crippen LogP contribution < -0.4 is 19.7 Å². The fourth-order valence-electron chi connectivity index (χ4n) is 4.15. The van der Waals surface area contributed by atoms with E-state index in [0.717, 1.165) is 16.7 Å². The Hall–Kier alpha value is -4.85. The molecule has 1 heterocycles. The van der Waals surface area contributed by atoms with Gasteiger partial charge in [-0.3, -0.25) is 9.69 Å². The van der Waals surface area contributed by atoms with E-state index >= 15 is 0 Å². The quantitative estimate of drug-likeness (QED) is 0.109. The predicted octanol–water partition coefficient (Wildman–Crippen LogP) is 7.48. The Balaban J connectivity index is 1.37. The zero-order valence-corrected chi connectivity index (χ0v) is 25.7. The molecule has 14 heteroatoms. The van der Waals surface area contributed by atoms with Crippen LogP contribution in [0.5, 0.6) is 11.8 Å². The van der Waals surface area contributed by atoms with E-state index in [1.165, 1.54) is 51.9 Å². The van der Waals surface area contributed by atoms with E-state index in [1.807, 2.05) is 45.9 Å². The number of hydrogen-bond donors (Lipinski definition) is 1. The summed E-state index contributed by atoms with van der Waals surface area (Å²) in [5.41, 5.74) is 4.34. The Bertz CT molecular complexity index is 1640. The monoisotopic (exact) mass is 640 g/mol. The van der Waals surface area contributed by atoms with Crippen LogP contribution in [-0.4, -0.2) is 44.5 Å². The molecule has 0 bridgehead atoms. The standard InChI is InChI=1S/C31H31F3N6O4S/c1-5-45-30(39(19-41)27-16-21(4)6-15-26(27)20(2)3)37-28(42)36-23-9-7-22(8-10-23)17-43-29-35-18-40(38-29)24-11-13-25(14-12-24)44-31(32,33)34/h6-16,18-20H,5,17H2,1-4H3,(H,36,42). The van der Waals surface area contributed by atoms with E-state index in [2.05, 4.69) is 25.1 Å². The molecule has 0 saturated carbocycles. The number of thioether (sulfide) groups is 1. The van der Waals surface area contributed by atoms with Crippen molar-refractivity contribution in [3.05, 3.63) is 89.7 Å². The first kappa shape index (κ1) is 33.1. The van der Waals surface area contributed by atoms with Gasteiger partial charge in [-0.15, -0.1) is 18.3 Å². The number of aliphatic imine (C=N–C) groups is 1. The van der Waals surface area contributed by atoms with Gasteiger partial charge >= 0.3 is 18.4 Å². The van der Waals surface area contributed by atoms with Crippen molar-refractivity contribution in [3.63, 3.8) is 0 Å². The number of rotatable bonds is 10. The largest absolute Gasteiger partial charge is 0.573 e. The lowest BCUT2D eigenvalue weighted by Gasteiger charge is -2.23. The van der Waals surface area contributed by atoms with Gasteiger partial charge in [0.1, 0.15) is 18.7 Å². The molecule has 1 N–H and O–H groups in total. The summed E-state index contributed by atoms with van der Waals surface area (Å²) < 4.78 is 48.0. The Morgan fingerprint density at radius 1 is 1.11 bits per heavy atom. The van der Waals surface area contributed by atoms with Crippen molar-refractivity contribution in [2.45, 2.75) is 46.6 Å². The van der Waals surface area contributed by atoms with Crippen LogP contribution in [0.1, 0.15) is 43.4 Å². The van der Waals surface area contributed by atoms with Crippen LogP contribution in [0.2, 0.25) is 0 Å². The first-order valence-electron chi connectivity index (χ1n) is 13.8. The van der Waals surface area contributed by atoms with Crippen LogP contribution in [0.4, 0.5) is 29.3 Å². The van der Waals surface area contributed by atoms with E-state index in [4.69, 9.17) is 4.74 Å². The van der Waals surface area contributed by atoms with Gasteiger partial charge in [-0.05, 0) is 77.7 Å². The third kappa shape index (κ3) is 9.32. The smallest absolute Gasteiger partial charge is 0.458 e. The highest BCUT2D eigenvalue weighted by molar-refractivity contribution is 8.14. The number of nitrogens with one attached hydrogen (secondary N) is 1. The summed E-state index contributed by atoms with van der Waals surface area (Å²) >= 11 is 1.29. The summed E-state index contributed by atoms with van der Waals surface area (Å²) in [4.78, 5) is 34.8. The molecule has 4 aromatic rings. The highest BCUT2D eigenvalue weighted by Gasteiger charge is 2.31. The zero-order chi connectivity index (χ0) is 32.6. The zero-order valence-electron chi connectivity index (χ0n) is 24.9. The molecular weight excluding hydrogens is 609 g/mol. The number of aryl methyl sites for hydroxylation is 1. The highest BCUT2D eigenvalue weighted by Crippen LogP contribution is 2.30. The second kappa shape index (κ2) is 14.8. The molecule has 0 aliphatic heterocycles. The summed E-state index contributed by atoms with van der Waals surface area (Å²) in [5, 5.41) is 7.17. The first-order valence-corrected chi connectivity index (χ1v) is 14.8. The normalized spacial score (nSPS) is 11.8. The molecule has 3 amide bonds. The minimum Gasteiger partial charge on any atom is -0.458 e. The number of carbonyl (C=O) groups is 2. The fourth-order valence-corrected chi connectivity index (χ4v) is 4.84. The van der Waals surface area contributed by atoms with Crippen LogP contribution in [0, 0.1) is 6.92 Å². The Labute approximate surface area is 262 Å². The molecular formula is C31H31F3N6O4S. The lowest BCUT2D eigenvalue weighted by atomic mass is 9.99. The molecule has 0 radical (unpaired) electrons. The number of nitrogens with zero attached hydrogens (tertiary/aromatic N) is 5. The molecule has 0 unspecified atom stereocenters. The molecule has 4 rings (SSSR count). The molecule has 0 fully saturated rings. The topological polar surface area (TPSA) is 111 Å². The van der Waals surface area contributed by atoms with Crippen molar-refractivity contribution in [3.8, 4) is 17.4 Å². The Morgan fingerprint density at radius 2 is 1.82 bits per heavy atom. The molecule has 0 spiro atoms. The molecule has 10 nitrogen and oxygen atoms in total. The van der Waals surface area contributed by atoms with Crippen LogP contribution in [-0.2, 0) is 11.4 Å². The predicted molar refractivity (Wildman–Crippen MR) is 167 cm³/mol. The maximum absolute atomic E-state index is 12.9. The van der Waals surface area contributed by atoms with Gasteiger partial charge in [0.25, 0.3) is 0 Å². The van der Waals surface area contributed by atoms with Crippen molar-refractivity contribution >= 4 is 40.7 Å². The summed E-state index contributed by atoms with van der Waals surface area (Å²) in [6, 6.07) is 17.3. The van der Waals surface area contributed by atoms with Crippen molar-refractivity contribution in [2.24, 2.45) is 4.99 Å². The SMILES string of the molecule is CCSC(=NC(=O)Nc1ccc(COc2ncn(-c3ccc(OC(F)(F)F)cc3)n2)cc1)N(C=O)c1cc(C)ccc1C(C)C. The number of amides is 3. The summed E-state index contributed by atoms with van der Waals surface area (Å²) in [7, 11) is 0. The molecule has 45 heavy (non-hydrogen) atoms. The minimum atomic E-state index is -4.77. The fraction of sp³-hybridized carbons (Fsp3) is 0.258. The summed E-state index contributed by atoms with van der Waals surface area (Å²) in [6.45, 7) is 8.04. The highest BCUT2D eigenvalue weighted by atomic mass is 32.2. The average Bonchev–Trinajstić information content (AvgIpc) is 3.46. The van der Waals surface area contributed by atoms with Crippen LogP contribution in [0.3, 0.4) is 0 Å². The molecule has 0 aliphatic rings. The number of urea groups is 1. The van der Waals surface area contributed by atoms with Crippen LogP contribution >= 0.6 is 11.8 Å². The van der Waals surface area contributed by atoms with Crippen molar-refractivity contribution in [1.29, 1.82) is 0 Å². The van der Waals surface area contributed by atoms with Crippen LogP contribution in [0.15, 0.2) is 78.0 Å². The van der Waals surface area contributed by atoms with E-state index < -0.39 is 12.4 Å². The van der Waals surface area contributed by atoms with Gasteiger partial charge < -0.3 is 14.8 Å². The first-order chi connectivity index (χ1) is 21.5. The summed E-state index contributed by atoms with van der Waals surface area (Å²) in [5.74, 6) is 0.408. The van der Waals surface area contributed by atoms with Crippen molar-refractivity contribution < 1.29 is 32.2 Å². The number of amidine groups is 1. The van der Waals surface area contributed by atoms with Gasteiger partial charge in [-0.2, -0.15) is 9.98 Å². The second-order valence-electron chi connectivity index (χ2n) is 9.95. The number of carbonyl (C=O) groups excluding carboxylic acids is 2. The second-order valence-corrected chi connectivity index (χ2v) is 11.2. The minimum absolute atomic E-state index is 0.0623. The lowest BCUT2D eigenvalue weighted by Crippen LogP contribution is -2.30. The Kier molecular flexibility index (Phi) is 10.8. The van der Waals surface area contributed by atoms with Gasteiger partial charge in [-0.25, -0.2) is 9.48 Å². The molecule has 0 aliphatic carbocycles. The van der Waals surface area contributed by atoms with Gasteiger partial charge in [-0.1, -0.05) is 56.8 Å². The third-order valence-electron chi connectivity index (χ3n) is 6.23.